The highest BCUT2D eigenvalue weighted by molar-refractivity contribution is 7.92. The fourth-order valence-electron chi connectivity index (χ4n) is 4.87. The zero-order valence-corrected chi connectivity index (χ0v) is 21.6. The van der Waals surface area contributed by atoms with E-state index in [9.17, 15) is 13.2 Å². The van der Waals surface area contributed by atoms with Gasteiger partial charge in [-0.3, -0.25) is 9.52 Å². The Hall–Kier alpha value is -3.16. The molecule has 190 valence electrons. The first-order valence-corrected chi connectivity index (χ1v) is 14.4. The maximum absolute atomic E-state index is 12.7. The summed E-state index contributed by atoms with van der Waals surface area (Å²) in [6.45, 7) is 3.31. The maximum Gasteiger partial charge on any atom is 0.229 e. The van der Waals surface area contributed by atoms with Crippen LogP contribution in [0, 0.1) is 5.92 Å². The lowest BCUT2D eigenvalue weighted by Crippen LogP contribution is -2.40. The number of hydrogen-bond acceptors (Lipinski definition) is 4. The van der Waals surface area contributed by atoms with Crippen molar-refractivity contribution >= 4 is 21.6 Å². The number of carbonyl (C=O) groups is 1. The number of rotatable bonds is 10. The van der Waals surface area contributed by atoms with Crippen LogP contribution in [0.15, 0.2) is 84.9 Å². The normalized spacial score (nSPS) is 15.1. The van der Waals surface area contributed by atoms with E-state index in [-0.39, 0.29) is 11.8 Å². The lowest BCUT2D eigenvalue weighted by Gasteiger charge is -2.32. The Balaban J connectivity index is 1.23. The van der Waals surface area contributed by atoms with Crippen LogP contribution in [0.25, 0.3) is 0 Å². The Morgan fingerprint density at radius 3 is 1.97 bits per heavy atom. The minimum Gasteiger partial charge on any atom is -0.352 e. The third kappa shape index (κ3) is 7.67. The number of likely N-dealkylation sites (tertiary alicyclic amines) is 1. The van der Waals surface area contributed by atoms with Crippen LogP contribution in [-0.2, 0) is 21.4 Å². The number of sulfonamides is 1. The molecule has 3 aromatic rings. The third-order valence-electron chi connectivity index (χ3n) is 6.82. The summed E-state index contributed by atoms with van der Waals surface area (Å²) in [5.74, 6) is 0.498. The van der Waals surface area contributed by atoms with E-state index in [0.29, 0.717) is 18.2 Å². The number of hydrogen-bond donors (Lipinski definition) is 2. The largest absolute Gasteiger partial charge is 0.352 e. The van der Waals surface area contributed by atoms with Crippen molar-refractivity contribution in [3.8, 4) is 0 Å². The van der Waals surface area contributed by atoms with Gasteiger partial charge in [0.05, 0.1) is 6.26 Å². The fourth-order valence-corrected chi connectivity index (χ4v) is 5.43. The molecule has 2 N–H and O–H groups in total. The first-order chi connectivity index (χ1) is 17.4. The van der Waals surface area contributed by atoms with Crippen molar-refractivity contribution in [3.05, 3.63) is 102 Å². The molecule has 4 rings (SSSR count). The van der Waals surface area contributed by atoms with Gasteiger partial charge in [0.2, 0.25) is 15.9 Å². The first kappa shape index (κ1) is 25.9. The second-order valence-corrected chi connectivity index (χ2v) is 11.3. The van der Waals surface area contributed by atoms with E-state index in [2.05, 4.69) is 75.6 Å². The van der Waals surface area contributed by atoms with Gasteiger partial charge in [-0.15, -0.1) is 0 Å². The van der Waals surface area contributed by atoms with Gasteiger partial charge in [-0.1, -0.05) is 72.8 Å². The van der Waals surface area contributed by atoms with E-state index in [1.165, 1.54) is 11.1 Å². The Labute approximate surface area is 214 Å². The summed E-state index contributed by atoms with van der Waals surface area (Å²) in [6, 6.07) is 28.5. The molecule has 1 aliphatic heterocycles. The lowest BCUT2D eigenvalue weighted by atomic mass is 9.88. The lowest BCUT2D eigenvalue weighted by molar-refractivity contribution is -0.126. The van der Waals surface area contributed by atoms with Crippen LogP contribution in [0.2, 0.25) is 0 Å². The Morgan fingerprint density at radius 1 is 0.889 bits per heavy atom. The molecule has 0 spiro atoms. The molecule has 3 aromatic carbocycles. The van der Waals surface area contributed by atoms with Crippen LogP contribution in [-0.4, -0.2) is 45.1 Å². The topological polar surface area (TPSA) is 78.5 Å². The van der Waals surface area contributed by atoms with E-state index >= 15 is 0 Å². The minimum absolute atomic E-state index is 0.0338. The van der Waals surface area contributed by atoms with Crippen molar-refractivity contribution in [2.75, 3.05) is 30.6 Å². The summed E-state index contributed by atoms with van der Waals surface area (Å²) in [5, 5.41) is 3.05. The van der Waals surface area contributed by atoms with E-state index < -0.39 is 10.0 Å². The van der Waals surface area contributed by atoms with Crippen molar-refractivity contribution in [2.24, 2.45) is 5.92 Å². The molecular weight excluding hydrogens is 470 g/mol. The van der Waals surface area contributed by atoms with E-state index in [1.54, 1.807) is 12.1 Å². The molecule has 0 saturated carbocycles. The molecule has 1 saturated heterocycles. The monoisotopic (exact) mass is 505 g/mol. The van der Waals surface area contributed by atoms with Gasteiger partial charge in [-0.05, 0) is 67.7 Å². The van der Waals surface area contributed by atoms with Gasteiger partial charge in [0.15, 0.2) is 0 Å². The number of amides is 1. The summed E-state index contributed by atoms with van der Waals surface area (Å²) < 4.78 is 25.1. The molecule has 7 heteroatoms. The predicted octanol–water partition coefficient (Wildman–Crippen LogP) is 4.61. The number of benzene rings is 3. The van der Waals surface area contributed by atoms with Crippen molar-refractivity contribution in [1.82, 2.24) is 10.2 Å². The van der Waals surface area contributed by atoms with E-state index in [4.69, 9.17) is 0 Å². The van der Waals surface area contributed by atoms with Gasteiger partial charge in [-0.2, -0.15) is 0 Å². The highest BCUT2D eigenvalue weighted by Gasteiger charge is 2.25. The van der Waals surface area contributed by atoms with Crippen molar-refractivity contribution in [2.45, 2.75) is 31.7 Å². The molecule has 1 heterocycles. The molecule has 1 amide bonds. The average molecular weight is 506 g/mol. The third-order valence-corrected chi connectivity index (χ3v) is 7.43. The first-order valence-electron chi connectivity index (χ1n) is 12.5. The molecule has 36 heavy (non-hydrogen) atoms. The Kier molecular flexibility index (Phi) is 8.78. The van der Waals surface area contributed by atoms with E-state index in [0.717, 1.165) is 50.7 Å². The minimum atomic E-state index is -3.30. The summed E-state index contributed by atoms with van der Waals surface area (Å²) in [4.78, 5) is 15.2. The number of nitrogens with one attached hydrogen (secondary N) is 2. The molecule has 1 fully saturated rings. The Morgan fingerprint density at radius 2 is 1.44 bits per heavy atom. The molecule has 0 aliphatic carbocycles. The van der Waals surface area contributed by atoms with Crippen LogP contribution in [0.3, 0.4) is 0 Å². The van der Waals surface area contributed by atoms with Crippen molar-refractivity contribution in [1.29, 1.82) is 0 Å². The van der Waals surface area contributed by atoms with Crippen LogP contribution < -0.4 is 10.0 Å². The van der Waals surface area contributed by atoms with Crippen LogP contribution in [0.4, 0.5) is 5.69 Å². The fraction of sp³-hybridized carbons (Fsp3) is 0.345. The quantitative estimate of drug-likeness (QED) is 0.422. The average Bonchev–Trinajstić information content (AvgIpc) is 2.89. The zero-order valence-electron chi connectivity index (χ0n) is 20.8. The number of piperidine rings is 1. The molecule has 0 radical (unpaired) electrons. The van der Waals surface area contributed by atoms with Crippen LogP contribution in [0.5, 0.6) is 0 Å². The number of anilines is 1. The standard InChI is InChI=1S/C29H35N3O3S/c1-36(34,35)31-27-14-12-23(13-15-27)22-30-29(33)26-16-19-32(20-17-26)21-18-28(24-8-4-2-5-9-24)25-10-6-3-7-11-25/h2-15,26,28,31H,16-22H2,1H3,(H,30,33). The van der Waals surface area contributed by atoms with Gasteiger partial charge in [0.1, 0.15) is 0 Å². The highest BCUT2D eigenvalue weighted by Crippen LogP contribution is 2.29. The van der Waals surface area contributed by atoms with E-state index in [1.807, 2.05) is 12.1 Å². The SMILES string of the molecule is CS(=O)(=O)Nc1ccc(CNC(=O)C2CCN(CCC(c3ccccc3)c3ccccc3)CC2)cc1. The maximum atomic E-state index is 12.7. The molecule has 0 aromatic heterocycles. The van der Waals surface area contributed by atoms with Crippen molar-refractivity contribution in [3.63, 3.8) is 0 Å². The summed E-state index contributed by atoms with van der Waals surface area (Å²) in [6.07, 6.45) is 3.90. The van der Waals surface area contributed by atoms with Gasteiger partial charge < -0.3 is 10.2 Å². The highest BCUT2D eigenvalue weighted by atomic mass is 32.2. The summed E-state index contributed by atoms with van der Waals surface area (Å²) >= 11 is 0. The molecule has 0 atom stereocenters. The smallest absolute Gasteiger partial charge is 0.229 e. The predicted molar refractivity (Wildman–Crippen MR) is 145 cm³/mol. The second-order valence-electron chi connectivity index (χ2n) is 9.57. The zero-order chi connectivity index (χ0) is 25.4. The Bertz CT molecular complexity index is 1170. The summed E-state index contributed by atoms with van der Waals surface area (Å²) in [5.41, 5.74) is 4.14. The second kappa shape index (κ2) is 12.2. The van der Waals surface area contributed by atoms with Gasteiger partial charge in [0.25, 0.3) is 0 Å². The van der Waals surface area contributed by atoms with Crippen LogP contribution >= 0.6 is 0 Å². The van der Waals surface area contributed by atoms with Crippen molar-refractivity contribution < 1.29 is 13.2 Å². The van der Waals surface area contributed by atoms with Crippen LogP contribution in [0.1, 0.15) is 41.9 Å². The number of nitrogens with zero attached hydrogens (tertiary/aromatic N) is 1. The molecule has 1 aliphatic rings. The summed E-state index contributed by atoms with van der Waals surface area (Å²) in [7, 11) is -3.30. The van der Waals surface area contributed by atoms with Gasteiger partial charge >= 0.3 is 0 Å². The molecule has 0 bridgehead atoms. The molecule has 0 unspecified atom stereocenters. The van der Waals surface area contributed by atoms with Gasteiger partial charge in [-0.25, -0.2) is 8.42 Å². The van der Waals surface area contributed by atoms with Gasteiger partial charge in [0, 0.05) is 24.1 Å². The number of carbonyl (C=O) groups excluding carboxylic acids is 1. The molecule has 6 nitrogen and oxygen atoms in total. The molecular formula is C29H35N3O3S.